The fraction of sp³-hybridized carbons (Fsp3) is 0.258. The molecular formula is C31H33ClN4O2. The number of carbonyl (C=O) groups excluding carboxylic acids is 2. The number of nitrogens with one attached hydrogen (secondary N) is 1. The van der Waals surface area contributed by atoms with E-state index in [-0.39, 0.29) is 18.0 Å². The Hall–Kier alpha value is -3.74. The van der Waals surface area contributed by atoms with Crippen molar-refractivity contribution in [2.75, 3.05) is 26.7 Å². The van der Waals surface area contributed by atoms with Gasteiger partial charge in [-0.15, -0.1) is 0 Å². The van der Waals surface area contributed by atoms with Crippen LogP contribution in [0.15, 0.2) is 91.3 Å². The smallest absolute Gasteiger partial charge is 0.256 e. The number of piperazine rings is 1. The SMILES string of the molecule is CCC1CN(C(=O)c2cncc3ccccc23)CCN1C(c1ccccc1)c1cccc(Cl)c1.CNC=O. The number of hydrogen-bond donors (Lipinski definition) is 1. The summed E-state index contributed by atoms with van der Waals surface area (Å²) in [6.45, 7) is 4.34. The highest BCUT2D eigenvalue weighted by Gasteiger charge is 2.35. The van der Waals surface area contributed by atoms with Gasteiger partial charge in [-0.25, -0.2) is 0 Å². The number of carbonyl (C=O) groups is 2. The second-order valence-corrected chi connectivity index (χ2v) is 9.67. The van der Waals surface area contributed by atoms with Gasteiger partial charge in [-0.05, 0) is 35.1 Å². The molecule has 38 heavy (non-hydrogen) atoms. The summed E-state index contributed by atoms with van der Waals surface area (Å²) in [6.07, 6.45) is 5.09. The highest BCUT2D eigenvalue weighted by Crippen LogP contribution is 2.34. The molecule has 2 unspecified atom stereocenters. The zero-order valence-electron chi connectivity index (χ0n) is 21.8. The predicted molar refractivity (Wildman–Crippen MR) is 153 cm³/mol. The van der Waals surface area contributed by atoms with Crippen molar-refractivity contribution >= 4 is 34.7 Å². The molecule has 196 valence electrons. The molecule has 2 heterocycles. The van der Waals surface area contributed by atoms with Gasteiger partial charge in [-0.3, -0.25) is 19.5 Å². The molecule has 7 heteroatoms. The summed E-state index contributed by atoms with van der Waals surface area (Å²) in [5, 5.41) is 4.94. The molecule has 1 N–H and O–H groups in total. The van der Waals surface area contributed by atoms with Crippen LogP contribution in [0, 0.1) is 0 Å². The van der Waals surface area contributed by atoms with Gasteiger partial charge in [-0.1, -0.05) is 85.3 Å². The number of hydrogen-bond acceptors (Lipinski definition) is 4. The van der Waals surface area contributed by atoms with E-state index in [4.69, 9.17) is 16.4 Å². The van der Waals surface area contributed by atoms with Crippen LogP contribution >= 0.6 is 11.6 Å². The van der Waals surface area contributed by atoms with Crippen molar-refractivity contribution in [3.8, 4) is 0 Å². The molecule has 5 rings (SSSR count). The third-order valence-corrected chi connectivity index (χ3v) is 7.15. The van der Waals surface area contributed by atoms with E-state index in [2.05, 4.69) is 58.5 Å². The quantitative estimate of drug-likeness (QED) is 0.332. The predicted octanol–water partition coefficient (Wildman–Crippen LogP) is 5.58. The molecule has 0 spiro atoms. The lowest BCUT2D eigenvalue weighted by atomic mass is 9.93. The van der Waals surface area contributed by atoms with Crippen molar-refractivity contribution < 1.29 is 9.59 Å². The number of halogens is 1. The maximum absolute atomic E-state index is 13.6. The Balaban J connectivity index is 0.000000786. The van der Waals surface area contributed by atoms with Crippen LogP contribution in [-0.4, -0.2) is 59.8 Å². The van der Waals surface area contributed by atoms with Crippen molar-refractivity contribution in [1.82, 2.24) is 20.1 Å². The molecule has 0 aliphatic carbocycles. The van der Waals surface area contributed by atoms with Crippen molar-refractivity contribution in [1.29, 1.82) is 0 Å². The van der Waals surface area contributed by atoms with Crippen molar-refractivity contribution in [2.24, 2.45) is 0 Å². The molecule has 0 saturated carbocycles. The van der Waals surface area contributed by atoms with Gasteiger partial charge in [0.15, 0.2) is 0 Å². The minimum absolute atomic E-state index is 0.0569. The third-order valence-electron chi connectivity index (χ3n) is 6.91. The molecule has 1 aliphatic rings. The highest BCUT2D eigenvalue weighted by molar-refractivity contribution is 6.30. The van der Waals surface area contributed by atoms with Crippen LogP contribution in [0.2, 0.25) is 5.02 Å². The maximum atomic E-state index is 13.6. The molecule has 0 radical (unpaired) electrons. The Kier molecular flexibility index (Phi) is 9.46. The second-order valence-electron chi connectivity index (χ2n) is 9.23. The van der Waals surface area contributed by atoms with Crippen LogP contribution in [0.25, 0.3) is 10.8 Å². The van der Waals surface area contributed by atoms with Gasteiger partial charge in [0.2, 0.25) is 6.41 Å². The minimum Gasteiger partial charge on any atom is -0.362 e. The van der Waals surface area contributed by atoms with E-state index in [0.717, 1.165) is 28.8 Å². The van der Waals surface area contributed by atoms with E-state index in [0.29, 0.717) is 25.1 Å². The van der Waals surface area contributed by atoms with Crippen LogP contribution < -0.4 is 5.32 Å². The number of fused-ring (bicyclic) bond motifs is 1. The standard InChI is InChI=1S/C29H28ClN3O.C2H5NO/c1-2-25-20-32(29(34)27-19-31-18-23-11-6-7-14-26(23)27)15-16-33(25)28(21-9-4-3-5-10-21)22-12-8-13-24(30)17-22;1-3-2-4/h3-14,17-19,25,28H,2,15-16,20H2,1H3;2H,1H3,(H,3,4). The third kappa shape index (κ3) is 6.21. The lowest BCUT2D eigenvalue weighted by Crippen LogP contribution is -2.55. The molecule has 0 bridgehead atoms. The highest BCUT2D eigenvalue weighted by atomic mass is 35.5. The van der Waals surface area contributed by atoms with Crippen molar-refractivity contribution in [2.45, 2.75) is 25.4 Å². The monoisotopic (exact) mass is 528 g/mol. The number of nitrogens with zero attached hydrogens (tertiary/aromatic N) is 3. The fourth-order valence-corrected chi connectivity index (χ4v) is 5.30. The lowest BCUT2D eigenvalue weighted by Gasteiger charge is -2.45. The van der Waals surface area contributed by atoms with Gasteiger partial charge in [0.25, 0.3) is 5.91 Å². The molecule has 4 aromatic rings. The van der Waals surface area contributed by atoms with E-state index in [1.165, 1.54) is 11.1 Å². The Morgan fingerprint density at radius 3 is 2.45 bits per heavy atom. The van der Waals surface area contributed by atoms with Crippen LogP contribution in [0.5, 0.6) is 0 Å². The topological polar surface area (TPSA) is 65.5 Å². The van der Waals surface area contributed by atoms with Gasteiger partial charge in [0.05, 0.1) is 11.6 Å². The first kappa shape index (κ1) is 27.3. The van der Waals surface area contributed by atoms with Gasteiger partial charge in [0, 0.05) is 55.5 Å². The number of benzene rings is 3. The van der Waals surface area contributed by atoms with Crippen molar-refractivity contribution in [3.05, 3.63) is 113 Å². The number of aromatic nitrogens is 1. The summed E-state index contributed by atoms with van der Waals surface area (Å²) in [5.74, 6) is 0.0569. The molecule has 6 nitrogen and oxygen atoms in total. The maximum Gasteiger partial charge on any atom is 0.256 e. The summed E-state index contributed by atoms with van der Waals surface area (Å²) < 4.78 is 0. The van der Waals surface area contributed by atoms with Gasteiger partial charge in [0.1, 0.15) is 0 Å². The van der Waals surface area contributed by atoms with Crippen molar-refractivity contribution in [3.63, 3.8) is 0 Å². The first-order chi connectivity index (χ1) is 18.6. The van der Waals surface area contributed by atoms with E-state index >= 15 is 0 Å². The first-order valence-electron chi connectivity index (χ1n) is 12.9. The molecule has 3 aromatic carbocycles. The summed E-state index contributed by atoms with van der Waals surface area (Å²) in [7, 11) is 1.56. The second kappa shape index (κ2) is 13.2. The zero-order valence-corrected chi connectivity index (χ0v) is 22.5. The summed E-state index contributed by atoms with van der Waals surface area (Å²) in [4.78, 5) is 31.5. The Morgan fingerprint density at radius 1 is 1.03 bits per heavy atom. The zero-order chi connectivity index (χ0) is 26.9. The van der Waals surface area contributed by atoms with E-state index in [1.807, 2.05) is 53.6 Å². The number of rotatable bonds is 6. The molecule has 1 saturated heterocycles. The molecular weight excluding hydrogens is 496 g/mol. The summed E-state index contributed by atoms with van der Waals surface area (Å²) >= 11 is 6.39. The van der Waals surface area contributed by atoms with Crippen LogP contribution in [-0.2, 0) is 4.79 Å². The van der Waals surface area contributed by atoms with Crippen LogP contribution in [0.3, 0.4) is 0 Å². The van der Waals surface area contributed by atoms with E-state index in [1.54, 1.807) is 13.2 Å². The van der Waals surface area contributed by atoms with Gasteiger partial charge >= 0.3 is 0 Å². The largest absolute Gasteiger partial charge is 0.362 e. The number of amides is 2. The molecule has 2 amide bonds. The Morgan fingerprint density at radius 2 is 1.74 bits per heavy atom. The van der Waals surface area contributed by atoms with E-state index in [9.17, 15) is 4.79 Å². The van der Waals surface area contributed by atoms with Gasteiger partial charge < -0.3 is 10.2 Å². The minimum atomic E-state index is 0.0569. The first-order valence-corrected chi connectivity index (χ1v) is 13.2. The molecule has 2 atom stereocenters. The Labute approximate surface area is 229 Å². The normalized spacial score (nSPS) is 16.3. The Bertz CT molecular complexity index is 1360. The van der Waals surface area contributed by atoms with E-state index < -0.39 is 0 Å². The van der Waals surface area contributed by atoms with Crippen LogP contribution in [0.1, 0.15) is 40.9 Å². The average Bonchev–Trinajstić information content (AvgIpc) is 2.97. The lowest BCUT2D eigenvalue weighted by molar-refractivity contribution is -0.109. The molecule has 1 aliphatic heterocycles. The number of pyridine rings is 1. The molecule has 1 aromatic heterocycles. The van der Waals surface area contributed by atoms with Crippen LogP contribution in [0.4, 0.5) is 0 Å². The summed E-state index contributed by atoms with van der Waals surface area (Å²) in [5.41, 5.74) is 3.09. The average molecular weight is 529 g/mol. The van der Waals surface area contributed by atoms with Gasteiger partial charge in [-0.2, -0.15) is 0 Å². The molecule has 1 fully saturated rings. The summed E-state index contributed by atoms with van der Waals surface area (Å²) in [6, 6.07) is 27.0. The fourth-order valence-electron chi connectivity index (χ4n) is 5.10.